The zero-order chi connectivity index (χ0) is 14.9. The first kappa shape index (κ1) is 15.8. The molecular weight excluding hydrogens is 309 g/mol. The first-order valence-electron chi connectivity index (χ1n) is 6.55. The second-order valence-electron chi connectivity index (χ2n) is 5.84. The third-order valence-corrected chi connectivity index (χ3v) is 5.35. The highest BCUT2D eigenvalue weighted by Crippen LogP contribution is 2.37. The summed E-state index contributed by atoms with van der Waals surface area (Å²) >= 11 is 14.1. The Balaban J connectivity index is 2.40. The number of nitrogens with one attached hydrogen (secondary N) is 1. The molecule has 0 bridgehead atoms. The summed E-state index contributed by atoms with van der Waals surface area (Å²) in [5, 5.41) is 4.70. The largest absolute Gasteiger partial charge is 0.309 e. The van der Waals surface area contributed by atoms with E-state index in [4.69, 9.17) is 23.2 Å². The number of hydrogen-bond donors (Lipinski definition) is 1. The summed E-state index contributed by atoms with van der Waals surface area (Å²) in [7, 11) is 1.95. The van der Waals surface area contributed by atoms with Crippen LogP contribution in [0.5, 0.6) is 0 Å². The topological polar surface area (TPSA) is 12.0 Å². The van der Waals surface area contributed by atoms with Gasteiger partial charge in [0, 0.05) is 19.8 Å². The highest BCUT2D eigenvalue weighted by molar-refractivity contribution is 7.12. The van der Waals surface area contributed by atoms with E-state index in [9.17, 15) is 0 Å². The van der Waals surface area contributed by atoms with Crippen LogP contribution in [0, 0.1) is 0 Å². The van der Waals surface area contributed by atoms with Gasteiger partial charge in [0.25, 0.3) is 0 Å². The third kappa shape index (κ3) is 3.37. The molecule has 2 rings (SSSR count). The van der Waals surface area contributed by atoms with Crippen molar-refractivity contribution >= 4 is 34.5 Å². The monoisotopic (exact) mass is 327 g/mol. The van der Waals surface area contributed by atoms with Gasteiger partial charge in [0.1, 0.15) is 0 Å². The highest BCUT2D eigenvalue weighted by Gasteiger charge is 2.21. The Kier molecular flexibility index (Phi) is 4.80. The van der Waals surface area contributed by atoms with Crippen LogP contribution in [0.15, 0.2) is 30.3 Å². The molecule has 1 aromatic heterocycles. The van der Waals surface area contributed by atoms with Crippen LogP contribution < -0.4 is 5.32 Å². The standard InChI is InChI=1S/C16H19Cl2NS/c1-16(2,3)14-8-7-13(20-14)15(19-4)11-6-5-10(17)9-12(11)18/h5-9,15,19H,1-4H3. The van der Waals surface area contributed by atoms with Gasteiger partial charge in [-0.2, -0.15) is 0 Å². The predicted octanol–water partition coefficient (Wildman–Crippen LogP) is 5.66. The molecule has 1 heterocycles. The molecule has 0 aliphatic heterocycles. The van der Waals surface area contributed by atoms with E-state index < -0.39 is 0 Å². The van der Waals surface area contributed by atoms with Crippen LogP contribution in [-0.2, 0) is 5.41 Å². The molecule has 1 unspecified atom stereocenters. The van der Waals surface area contributed by atoms with Gasteiger partial charge in [0.2, 0.25) is 0 Å². The minimum atomic E-state index is 0.0980. The van der Waals surface area contributed by atoms with Gasteiger partial charge in [-0.15, -0.1) is 11.3 Å². The van der Waals surface area contributed by atoms with Gasteiger partial charge in [-0.25, -0.2) is 0 Å². The zero-order valence-corrected chi connectivity index (χ0v) is 14.5. The van der Waals surface area contributed by atoms with Gasteiger partial charge in [0.05, 0.1) is 6.04 Å². The van der Waals surface area contributed by atoms with E-state index in [2.05, 4.69) is 38.2 Å². The van der Waals surface area contributed by atoms with Crippen LogP contribution in [0.4, 0.5) is 0 Å². The Hall–Kier alpha value is -0.540. The Morgan fingerprint density at radius 3 is 2.30 bits per heavy atom. The third-order valence-electron chi connectivity index (χ3n) is 3.21. The lowest BCUT2D eigenvalue weighted by molar-refractivity contribution is 0.604. The number of thiophene rings is 1. The number of hydrogen-bond acceptors (Lipinski definition) is 2. The minimum Gasteiger partial charge on any atom is -0.309 e. The molecule has 1 atom stereocenters. The van der Waals surface area contributed by atoms with Crippen molar-refractivity contribution in [2.75, 3.05) is 7.05 Å². The van der Waals surface area contributed by atoms with E-state index in [1.54, 1.807) is 6.07 Å². The quantitative estimate of drug-likeness (QED) is 0.766. The maximum absolute atomic E-state index is 6.33. The summed E-state index contributed by atoms with van der Waals surface area (Å²) in [6.07, 6.45) is 0. The minimum absolute atomic E-state index is 0.0980. The fourth-order valence-corrected chi connectivity index (χ4v) is 3.81. The number of benzene rings is 1. The predicted molar refractivity (Wildman–Crippen MR) is 90.4 cm³/mol. The number of halogens is 2. The Bertz CT molecular complexity index is 599. The lowest BCUT2D eigenvalue weighted by Crippen LogP contribution is -2.17. The van der Waals surface area contributed by atoms with Crippen LogP contribution in [0.1, 0.15) is 42.1 Å². The highest BCUT2D eigenvalue weighted by atomic mass is 35.5. The summed E-state index contributed by atoms with van der Waals surface area (Å²) in [5.41, 5.74) is 1.23. The molecule has 0 amide bonds. The summed E-state index contributed by atoms with van der Waals surface area (Å²) < 4.78 is 0. The second kappa shape index (κ2) is 6.07. The van der Waals surface area contributed by atoms with Crippen molar-refractivity contribution in [1.29, 1.82) is 0 Å². The van der Waals surface area contributed by atoms with Gasteiger partial charge in [-0.3, -0.25) is 0 Å². The summed E-state index contributed by atoms with van der Waals surface area (Å²) in [6.45, 7) is 6.69. The summed E-state index contributed by atoms with van der Waals surface area (Å²) in [6, 6.07) is 10.1. The van der Waals surface area contributed by atoms with Gasteiger partial charge in [0.15, 0.2) is 0 Å². The summed E-state index contributed by atoms with van der Waals surface area (Å²) in [5.74, 6) is 0. The normalized spacial score (nSPS) is 13.5. The van der Waals surface area contributed by atoms with E-state index in [1.807, 2.05) is 30.5 Å². The van der Waals surface area contributed by atoms with E-state index in [0.29, 0.717) is 10.0 Å². The van der Waals surface area contributed by atoms with Crippen molar-refractivity contribution in [2.45, 2.75) is 32.2 Å². The maximum atomic E-state index is 6.33. The van der Waals surface area contributed by atoms with E-state index in [0.717, 1.165) is 5.56 Å². The molecule has 0 aliphatic carbocycles. The zero-order valence-electron chi connectivity index (χ0n) is 12.1. The van der Waals surface area contributed by atoms with Crippen molar-refractivity contribution in [3.8, 4) is 0 Å². The lowest BCUT2D eigenvalue weighted by Gasteiger charge is -2.18. The van der Waals surface area contributed by atoms with Crippen LogP contribution in [0.25, 0.3) is 0 Å². The molecule has 0 spiro atoms. The van der Waals surface area contributed by atoms with Gasteiger partial charge in [-0.05, 0) is 42.3 Å². The SMILES string of the molecule is CNC(c1ccc(C(C)(C)C)s1)c1ccc(Cl)cc1Cl. The van der Waals surface area contributed by atoms with E-state index >= 15 is 0 Å². The fraction of sp³-hybridized carbons (Fsp3) is 0.375. The Morgan fingerprint density at radius 2 is 1.80 bits per heavy atom. The first-order valence-corrected chi connectivity index (χ1v) is 8.12. The van der Waals surface area contributed by atoms with Crippen LogP contribution in [0.2, 0.25) is 10.0 Å². The molecule has 20 heavy (non-hydrogen) atoms. The lowest BCUT2D eigenvalue weighted by atomic mass is 9.95. The Morgan fingerprint density at radius 1 is 1.10 bits per heavy atom. The molecule has 108 valence electrons. The molecule has 0 saturated heterocycles. The van der Waals surface area contributed by atoms with Crippen molar-refractivity contribution in [3.63, 3.8) is 0 Å². The Labute approximate surface area is 134 Å². The van der Waals surface area contributed by atoms with E-state index in [1.165, 1.54) is 9.75 Å². The average Bonchev–Trinajstić information content (AvgIpc) is 2.82. The van der Waals surface area contributed by atoms with Gasteiger partial charge < -0.3 is 5.32 Å². The van der Waals surface area contributed by atoms with Crippen molar-refractivity contribution in [2.24, 2.45) is 0 Å². The van der Waals surface area contributed by atoms with Gasteiger partial charge >= 0.3 is 0 Å². The molecule has 1 N–H and O–H groups in total. The number of rotatable bonds is 3. The molecule has 4 heteroatoms. The molecule has 1 aromatic carbocycles. The molecule has 0 fully saturated rings. The molecule has 2 aromatic rings. The van der Waals surface area contributed by atoms with Crippen molar-refractivity contribution in [3.05, 3.63) is 55.7 Å². The second-order valence-corrected chi connectivity index (χ2v) is 7.80. The van der Waals surface area contributed by atoms with Crippen LogP contribution >= 0.6 is 34.5 Å². The average molecular weight is 328 g/mol. The van der Waals surface area contributed by atoms with Crippen LogP contribution in [0.3, 0.4) is 0 Å². The van der Waals surface area contributed by atoms with E-state index in [-0.39, 0.29) is 11.5 Å². The van der Waals surface area contributed by atoms with Crippen LogP contribution in [-0.4, -0.2) is 7.05 Å². The van der Waals surface area contributed by atoms with Crippen molar-refractivity contribution < 1.29 is 0 Å². The molecule has 0 saturated carbocycles. The first-order chi connectivity index (χ1) is 9.32. The maximum Gasteiger partial charge on any atom is 0.0683 e. The molecule has 1 nitrogen and oxygen atoms in total. The molecular formula is C16H19Cl2NS. The van der Waals surface area contributed by atoms with Crippen molar-refractivity contribution in [1.82, 2.24) is 5.32 Å². The molecule has 0 radical (unpaired) electrons. The smallest absolute Gasteiger partial charge is 0.0683 e. The summed E-state index contributed by atoms with van der Waals surface area (Å²) in [4.78, 5) is 2.64. The fourth-order valence-electron chi connectivity index (χ4n) is 2.10. The molecule has 0 aliphatic rings. The van der Waals surface area contributed by atoms with Gasteiger partial charge in [-0.1, -0.05) is 50.0 Å².